The van der Waals surface area contributed by atoms with Crippen molar-refractivity contribution in [1.82, 2.24) is 0 Å². The Balaban J connectivity index is 0.966. The van der Waals surface area contributed by atoms with Crippen molar-refractivity contribution in [3.63, 3.8) is 0 Å². The van der Waals surface area contributed by atoms with Gasteiger partial charge in [-0.3, -0.25) is 0 Å². The molecule has 0 radical (unpaired) electrons. The van der Waals surface area contributed by atoms with Gasteiger partial charge in [-0.1, -0.05) is 186 Å². The summed E-state index contributed by atoms with van der Waals surface area (Å²) in [5.41, 5.74) is 0. The zero-order valence-electron chi connectivity index (χ0n) is 32.8. The van der Waals surface area contributed by atoms with Crippen molar-refractivity contribution in [3.8, 4) is 0 Å². The first kappa shape index (κ1) is 41.6. The molecule has 49 heavy (non-hydrogen) atoms. The van der Waals surface area contributed by atoms with E-state index in [-0.39, 0.29) is 12.2 Å². The monoisotopic (exact) mass is 687 g/mol. The highest BCUT2D eigenvalue weighted by Gasteiger charge is 2.43. The van der Waals surface area contributed by atoms with E-state index in [0.29, 0.717) is 12.2 Å². The molecule has 4 fully saturated rings. The van der Waals surface area contributed by atoms with Gasteiger partial charge in [0.25, 0.3) is 0 Å². The highest BCUT2D eigenvalue weighted by atomic mass is 16.6. The fourth-order valence-corrected chi connectivity index (χ4v) is 10.4. The summed E-state index contributed by atoms with van der Waals surface area (Å²) in [6.45, 7) is 0. The lowest BCUT2D eigenvalue weighted by Gasteiger charge is -2.25. The van der Waals surface area contributed by atoms with E-state index in [4.69, 9.17) is 4.74 Å². The van der Waals surface area contributed by atoms with Crippen LogP contribution in [-0.4, -0.2) is 34.6 Å². The zero-order chi connectivity index (χ0) is 34.2. The Kier molecular flexibility index (Phi) is 22.6. The van der Waals surface area contributed by atoms with Crippen LogP contribution in [0, 0.1) is 23.7 Å². The van der Waals surface area contributed by atoms with Gasteiger partial charge in [-0.15, -0.1) is 0 Å². The van der Waals surface area contributed by atoms with Gasteiger partial charge in [0.1, 0.15) is 0 Å². The van der Waals surface area contributed by atoms with Crippen molar-refractivity contribution < 1.29 is 14.9 Å². The third-order valence-electron chi connectivity index (χ3n) is 13.9. The third kappa shape index (κ3) is 20.1. The summed E-state index contributed by atoms with van der Waals surface area (Å²) in [5.74, 6) is 3.68. The number of hydrogen-bond donors (Lipinski definition) is 2. The number of rotatable bonds is 30. The van der Waals surface area contributed by atoms with Gasteiger partial charge in [-0.25, -0.2) is 0 Å². The lowest BCUT2D eigenvalue weighted by Crippen LogP contribution is -2.19. The van der Waals surface area contributed by atoms with Crippen LogP contribution in [0.4, 0.5) is 0 Å². The SMILES string of the molecule is OC1CCC(CCCCCCCCCC(CCCCCCCCCC2CCCC(O)C2)CCCCCCCCCC2CCC3OC3C2)CC1. The number of epoxide rings is 1. The summed E-state index contributed by atoms with van der Waals surface area (Å²) in [6, 6.07) is 0. The number of aliphatic hydroxyl groups excluding tert-OH is 2. The van der Waals surface area contributed by atoms with E-state index >= 15 is 0 Å². The summed E-state index contributed by atoms with van der Waals surface area (Å²) in [5, 5.41) is 19.7. The van der Waals surface area contributed by atoms with Crippen molar-refractivity contribution in [2.75, 3.05) is 0 Å². The molecule has 6 unspecified atom stereocenters. The van der Waals surface area contributed by atoms with Crippen LogP contribution in [0.15, 0.2) is 0 Å². The molecule has 6 atom stereocenters. The maximum Gasteiger partial charge on any atom is 0.0844 e. The molecule has 2 N–H and O–H groups in total. The fourth-order valence-electron chi connectivity index (χ4n) is 10.4. The standard InChI is InChI=1S/C46H86O3/c47-43-34-31-40(32-35-43)26-19-13-7-1-4-10-16-23-39(24-17-11-5-2-8-14-20-27-41-29-22-30-44(48)37-41)25-18-12-6-3-9-15-21-28-42-33-36-45-46(38-42)49-45/h39-48H,1-38H2. The molecule has 0 aromatic heterocycles. The first-order chi connectivity index (χ1) is 24.2. The molecule has 1 saturated heterocycles. The molecule has 4 rings (SSSR count). The van der Waals surface area contributed by atoms with Crippen LogP contribution in [0.25, 0.3) is 0 Å². The van der Waals surface area contributed by atoms with Crippen molar-refractivity contribution in [2.45, 2.75) is 268 Å². The lowest BCUT2D eigenvalue weighted by atomic mass is 9.84. The number of unbranched alkanes of at least 4 members (excludes halogenated alkanes) is 18. The predicted octanol–water partition coefficient (Wildman–Crippen LogP) is 13.8. The van der Waals surface area contributed by atoms with Gasteiger partial charge in [-0.05, 0) is 81.5 Å². The summed E-state index contributed by atoms with van der Waals surface area (Å²) >= 11 is 0. The molecular weight excluding hydrogens is 601 g/mol. The Morgan fingerprint density at radius 1 is 0.367 bits per heavy atom. The summed E-state index contributed by atoms with van der Waals surface area (Å²) in [4.78, 5) is 0. The minimum absolute atomic E-state index is 0.00101. The van der Waals surface area contributed by atoms with Gasteiger partial charge in [0.05, 0.1) is 24.4 Å². The van der Waals surface area contributed by atoms with E-state index in [1.165, 1.54) is 218 Å². The van der Waals surface area contributed by atoms with Crippen molar-refractivity contribution in [2.24, 2.45) is 23.7 Å². The molecule has 288 valence electrons. The Labute approximate surface area is 306 Å². The maximum atomic E-state index is 9.93. The Morgan fingerprint density at radius 2 is 0.796 bits per heavy atom. The molecule has 3 saturated carbocycles. The summed E-state index contributed by atoms with van der Waals surface area (Å²) in [6.07, 6.45) is 54.1. The number of fused-ring (bicyclic) bond motifs is 1. The van der Waals surface area contributed by atoms with E-state index in [1.54, 1.807) is 0 Å². The van der Waals surface area contributed by atoms with Gasteiger partial charge in [0.2, 0.25) is 0 Å². The predicted molar refractivity (Wildman–Crippen MR) is 210 cm³/mol. The van der Waals surface area contributed by atoms with Crippen LogP contribution >= 0.6 is 0 Å². The molecule has 0 aromatic rings. The topological polar surface area (TPSA) is 53.0 Å². The third-order valence-corrected chi connectivity index (χ3v) is 13.9. The number of ether oxygens (including phenoxy) is 1. The first-order valence-corrected chi connectivity index (χ1v) is 23.2. The zero-order valence-corrected chi connectivity index (χ0v) is 32.8. The van der Waals surface area contributed by atoms with Crippen LogP contribution in [0.5, 0.6) is 0 Å². The molecule has 3 aliphatic carbocycles. The maximum absolute atomic E-state index is 9.93. The highest BCUT2D eigenvalue weighted by molar-refractivity contribution is 4.91. The number of aliphatic hydroxyl groups is 2. The van der Waals surface area contributed by atoms with Crippen LogP contribution in [0.1, 0.15) is 244 Å². The quantitative estimate of drug-likeness (QED) is 0.0584. The van der Waals surface area contributed by atoms with E-state index in [9.17, 15) is 10.2 Å². The lowest BCUT2D eigenvalue weighted by molar-refractivity contribution is 0.0973. The fraction of sp³-hybridized carbons (Fsp3) is 1.00. The summed E-state index contributed by atoms with van der Waals surface area (Å²) < 4.78 is 5.73. The van der Waals surface area contributed by atoms with E-state index in [2.05, 4.69) is 0 Å². The molecule has 0 bridgehead atoms. The van der Waals surface area contributed by atoms with Crippen molar-refractivity contribution in [1.29, 1.82) is 0 Å². The van der Waals surface area contributed by atoms with Crippen LogP contribution in [0.3, 0.4) is 0 Å². The van der Waals surface area contributed by atoms with Gasteiger partial charge in [0, 0.05) is 0 Å². The Bertz CT molecular complexity index is 737. The van der Waals surface area contributed by atoms with Gasteiger partial charge >= 0.3 is 0 Å². The van der Waals surface area contributed by atoms with Gasteiger partial charge < -0.3 is 14.9 Å². The first-order valence-electron chi connectivity index (χ1n) is 23.2. The van der Waals surface area contributed by atoms with Gasteiger partial charge in [-0.2, -0.15) is 0 Å². The van der Waals surface area contributed by atoms with Crippen molar-refractivity contribution >= 4 is 0 Å². The second-order valence-electron chi connectivity index (χ2n) is 18.3. The molecule has 0 spiro atoms. The summed E-state index contributed by atoms with van der Waals surface area (Å²) in [7, 11) is 0. The largest absolute Gasteiger partial charge is 0.393 e. The van der Waals surface area contributed by atoms with Crippen LogP contribution in [-0.2, 0) is 4.74 Å². The molecule has 0 amide bonds. The Morgan fingerprint density at radius 3 is 1.29 bits per heavy atom. The average Bonchev–Trinajstić information content (AvgIpc) is 3.89. The van der Waals surface area contributed by atoms with Crippen LogP contribution in [0.2, 0.25) is 0 Å². The van der Waals surface area contributed by atoms with Gasteiger partial charge in [0.15, 0.2) is 0 Å². The molecule has 4 aliphatic rings. The van der Waals surface area contributed by atoms with E-state index in [1.807, 2.05) is 0 Å². The smallest absolute Gasteiger partial charge is 0.0844 e. The molecule has 1 heterocycles. The average molecular weight is 687 g/mol. The Hall–Kier alpha value is -0.120. The molecule has 0 aromatic carbocycles. The number of hydrogen-bond acceptors (Lipinski definition) is 3. The highest BCUT2D eigenvalue weighted by Crippen LogP contribution is 2.41. The minimum Gasteiger partial charge on any atom is -0.393 e. The second-order valence-corrected chi connectivity index (χ2v) is 18.3. The molecule has 3 heteroatoms. The molecule has 1 aliphatic heterocycles. The molecule has 3 nitrogen and oxygen atoms in total. The minimum atomic E-state index is -0.00101. The van der Waals surface area contributed by atoms with Crippen molar-refractivity contribution in [3.05, 3.63) is 0 Å². The molecular formula is C46H86O3. The normalized spacial score (nSPS) is 29.1. The van der Waals surface area contributed by atoms with E-state index < -0.39 is 0 Å². The second kappa shape index (κ2) is 26.6. The van der Waals surface area contributed by atoms with E-state index in [0.717, 1.165) is 49.4 Å². The van der Waals surface area contributed by atoms with Crippen LogP contribution < -0.4 is 0 Å².